The highest BCUT2D eigenvalue weighted by molar-refractivity contribution is 7.89. The van der Waals surface area contributed by atoms with E-state index in [0.29, 0.717) is 18.0 Å². The maximum Gasteiger partial charge on any atom is 0.241 e. The fourth-order valence-corrected chi connectivity index (χ4v) is 3.76. The molecular formula is C15H26N2O3S. The molecule has 5 nitrogen and oxygen atoms in total. The molecular weight excluding hydrogens is 288 g/mol. The number of rotatable bonds is 9. The topological polar surface area (TPSA) is 67.4 Å². The molecule has 21 heavy (non-hydrogen) atoms. The van der Waals surface area contributed by atoms with Gasteiger partial charge in [0, 0.05) is 13.7 Å². The molecule has 0 saturated carbocycles. The van der Waals surface area contributed by atoms with Crippen molar-refractivity contribution in [1.82, 2.24) is 10.0 Å². The second-order valence-corrected chi connectivity index (χ2v) is 7.36. The Morgan fingerprint density at radius 3 is 2.52 bits per heavy atom. The SMILES string of the molecule is CCCNCc1ccccc1S(=O)(=O)NC(C)(C)COC. The number of hydrogen-bond donors (Lipinski definition) is 2. The number of methoxy groups -OCH3 is 1. The summed E-state index contributed by atoms with van der Waals surface area (Å²) in [5, 5.41) is 3.23. The average Bonchev–Trinajstić information content (AvgIpc) is 2.38. The number of sulfonamides is 1. The highest BCUT2D eigenvalue weighted by Crippen LogP contribution is 2.18. The van der Waals surface area contributed by atoms with E-state index in [-0.39, 0.29) is 0 Å². The molecule has 0 fully saturated rings. The summed E-state index contributed by atoms with van der Waals surface area (Å²) < 4.78 is 32.9. The van der Waals surface area contributed by atoms with Crippen molar-refractivity contribution in [3.05, 3.63) is 29.8 Å². The zero-order valence-electron chi connectivity index (χ0n) is 13.3. The van der Waals surface area contributed by atoms with E-state index in [1.165, 1.54) is 0 Å². The van der Waals surface area contributed by atoms with E-state index in [9.17, 15) is 8.42 Å². The summed E-state index contributed by atoms with van der Waals surface area (Å²) in [4.78, 5) is 0.317. The number of hydrogen-bond acceptors (Lipinski definition) is 4. The molecule has 0 unspecified atom stereocenters. The van der Waals surface area contributed by atoms with E-state index in [2.05, 4.69) is 17.0 Å². The van der Waals surface area contributed by atoms with E-state index in [4.69, 9.17) is 4.74 Å². The summed E-state index contributed by atoms with van der Waals surface area (Å²) in [6, 6.07) is 7.05. The molecule has 120 valence electrons. The van der Waals surface area contributed by atoms with Gasteiger partial charge in [0.1, 0.15) is 0 Å². The molecule has 0 spiro atoms. The molecule has 0 aliphatic rings. The van der Waals surface area contributed by atoms with Crippen molar-refractivity contribution < 1.29 is 13.2 Å². The maximum absolute atomic E-state index is 12.6. The van der Waals surface area contributed by atoms with Crippen molar-refractivity contribution in [2.24, 2.45) is 0 Å². The number of benzene rings is 1. The van der Waals surface area contributed by atoms with Gasteiger partial charge in [-0.05, 0) is 38.4 Å². The third-order valence-corrected chi connectivity index (χ3v) is 4.72. The predicted molar refractivity (Wildman–Crippen MR) is 84.7 cm³/mol. The van der Waals surface area contributed by atoms with Gasteiger partial charge >= 0.3 is 0 Å². The number of ether oxygens (including phenoxy) is 1. The highest BCUT2D eigenvalue weighted by Gasteiger charge is 2.27. The maximum atomic E-state index is 12.6. The van der Waals surface area contributed by atoms with E-state index in [0.717, 1.165) is 18.5 Å². The summed E-state index contributed by atoms with van der Waals surface area (Å²) in [6.45, 7) is 7.37. The first-order valence-corrected chi connectivity index (χ1v) is 8.62. The van der Waals surface area contributed by atoms with Crippen LogP contribution in [0.5, 0.6) is 0 Å². The highest BCUT2D eigenvalue weighted by atomic mass is 32.2. The Morgan fingerprint density at radius 2 is 1.90 bits per heavy atom. The summed E-state index contributed by atoms with van der Waals surface area (Å²) in [7, 11) is -2.02. The van der Waals surface area contributed by atoms with Crippen LogP contribution in [0.3, 0.4) is 0 Å². The lowest BCUT2D eigenvalue weighted by atomic mass is 10.1. The van der Waals surface area contributed by atoms with Crippen LogP contribution in [-0.2, 0) is 21.3 Å². The lowest BCUT2D eigenvalue weighted by Crippen LogP contribution is -2.46. The largest absolute Gasteiger partial charge is 0.383 e. The van der Waals surface area contributed by atoms with Crippen molar-refractivity contribution in [2.45, 2.75) is 44.2 Å². The van der Waals surface area contributed by atoms with Crippen molar-refractivity contribution in [3.63, 3.8) is 0 Å². The first-order chi connectivity index (χ1) is 9.82. The van der Waals surface area contributed by atoms with Crippen LogP contribution in [0.2, 0.25) is 0 Å². The minimum Gasteiger partial charge on any atom is -0.383 e. The molecule has 0 atom stereocenters. The first-order valence-electron chi connectivity index (χ1n) is 7.14. The van der Waals surface area contributed by atoms with Crippen molar-refractivity contribution in [3.8, 4) is 0 Å². The normalized spacial score (nSPS) is 12.6. The van der Waals surface area contributed by atoms with Crippen LogP contribution in [-0.4, -0.2) is 34.2 Å². The predicted octanol–water partition coefficient (Wildman–Crippen LogP) is 1.89. The fraction of sp³-hybridized carbons (Fsp3) is 0.600. The molecule has 1 aromatic carbocycles. The third-order valence-electron chi connectivity index (χ3n) is 2.92. The first kappa shape index (κ1) is 18.1. The van der Waals surface area contributed by atoms with Crippen LogP contribution in [0.25, 0.3) is 0 Å². The zero-order chi connectivity index (χ0) is 15.9. The minimum atomic E-state index is -3.58. The number of nitrogens with one attached hydrogen (secondary N) is 2. The fourth-order valence-electron chi connectivity index (χ4n) is 2.12. The van der Waals surface area contributed by atoms with Gasteiger partial charge in [0.05, 0.1) is 17.0 Å². The molecule has 0 aliphatic carbocycles. The van der Waals surface area contributed by atoms with Gasteiger partial charge in [0.15, 0.2) is 0 Å². The van der Waals surface area contributed by atoms with Gasteiger partial charge in [-0.3, -0.25) is 0 Å². The molecule has 0 radical (unpaired) electrons. The molecule has 0 aromatic heterocycles. The standard InChI is InChI=1S/C15H26N2O3S/c1-5-10-16-11-13-8-6-7-9-14(13)21(18,19)17-15(2,3)12-20-4/h6-9,16-17H,5,10-12H2,1-4H3. The third kappa shape index (κ3) is 5.74. The van der Waals surface area contributed by atoms with Crippen LogP contribution in [0, 0.1) is 0 Å². The van der Waals surface area contributed by atoms with Gasteiger partial charge in [-0.2, -0.15) is 0 Å². The smallest absolute Gasteiger partial charge is 0.241 e. The van der Waals surface area contributed by atoms with Gasteiger partial charge in [-0.1, -0.05) is 25.1 Å². The van der Waals surface area contributed by atoms with Gasteiger partial charge in [0.25, 0.3) is 0 Å². The Labute approximate surface area is 128 Å². The van der Waals surface area contributed by atoms with E-state index < -0.39 is 15.6 Å². The van der Waals surface area contributed by atoms with E-state index in [1.807, 2.05) is 12.1 Å². The lowest BCUT2D eigenvalue weighted by molar-refractivity contribution is 0.141. The molecule has 2 N–H and O–H groups in total. The average molecular weight is 314 g/mol. The Balaban J connectivity index is 2.97. The Morgan fingerprint density at radius 1 is 1.24 bits per heavy atom. The van der Waals surface area contributed by atoms with Crippen LogP contribution in [0.15, 0.2) is 29.2 Å². The molecule has 0 amide bonds. The summed E-state index contributed by atoms with van der Waals surface area (Å²) >= 11 is 0. The van der Waals surface area contributed by atoms with Gasteiger partial charge in [-0.25, -0.2) is 13.1 Å². The monoisotopic (exact) mass is 314 g/mol. The second-order valence-electron chi connectivity index (χ2n) is 5.71. The Hall–Kier alpha value is -0.950. The van der Waals surface area contributed by atoms with Gasteiger partial charge in [-0.15, -0.1) is 0 Å². The van der Waals surface area contributed by atoms with Crippen molar-refractivity contribution in [2.75, 3.05) is 20.3 Å². The summed E-state index contributed by atoms with van der Waals surface area (Å²) in [6.07, 6.45) is 1.01. The van der Waals surface area contributed by atoms with Crippen LogP contribution in [0.1, 0.15) is 32.8 Å². The molecule has 1 aromatic rings. The van der Waals surface area contributed by atoms with Crippen LogP contribution >= 0.6 is 0 Å². The van der Waals surface area contributed by atoms with Gasteiger partial charge in [0.2, 0.25) is 10.0 Å². The summed E-state index contributed by atoms with van der Waals surface area (Å²) in [5.41, 5.74) is 0.115. The quantitative estimate of drug-likeness (QED) is 0.683. The van der Waals surface area contributed by atoms with Gasteiger partial charge < -0.3 is 10.1 Å². The summed E-state index contributed by atoms with van der Waals surface area (Å²) in [5.74, 6) is 0. The minimum absolute atomic E-state index is 0.308. The van der Waals surface area contributed by atoms with Crippen LogP contribution in [0.4, 0.5) is 0 Å². The van der Waals surface area contributed by atoms with E-state index in [1.54, 1.807) is 33.1 Å². The zero-order valence-corrected chi connectivity index (χ0v) is 14.1. The molecule has 0 saturated heterocycles. The molecule has 1 rings (SSSR count). The van der Waals surface area contributed by atoms with Crippen molar-refractivity contribution >= 4 is 10.0 Å². The molecule has 0 heterocycles. The van der Waals surface area contributed by atoms with E-state index >= 15 is 0 Å². The Kier molecular flexibility index (Phi) is 6.80. The second kappa shape index (κ2) is 7.89. The molecule has 0 bridgehead atoms. The molecule has 6 heteroatoms. The molecule has 0 aliphatic heterocycles. The Bertz CT molecular complexity index is 542. The van der Waals surface area contributed by atoms with Crippen LogP contribution < -0.4 is 10.0 Å². The lowest BCUT2D eigenvalue weighted by Gasteiger charge is -2.25. The van der Waals surface area contributed by atoms with Crippen molar-refractivity contribution in [1.29, 1.82) is 0 Å².